The van der Waals surface area contributed by atoms with Crippen LogP contribution in [-0.2, 0) is 17.6 Å². The van der Waals surface area contributed by atoms with Crippen molar-refractivity contribution in [3.05, 3.63) is 70.7 Å². The van der Waals surface area contributed by atoms with Gasteiger partial charge in [-0.15, -0.1) is 0 Å². The first-order chi connectivity index (χ1) is 10.2. The lowest BCUT2D eigenvalue weighted by Gasteiger charge is -2.06. The molecule has 110 valence electrons. The van der Waals surface area contributed by atoms with Crippen molar-refractivity contribution in [2.75, 3.05) is 6.54 Å². The zero-order chi connectivity index (χ0) is 14.9. The maximum absolute atomic E-state index is 11.8. The average Bonchev–Trinajstić information content (AvgIpc) is 2.50. The number of benzene rings is 2. The Morgan fingerprint density at radius 2 is 1.62 bits per heavy atom. The van der Waals surface area contributed by atoms with Crippen LogP contribution in [0.1, 0.15) is 24.0 Å². The van der Waals surface area contributed by atoms with E-state index in [0.717, 1.165) is 31.4 Å². The molecule has 0 aromatic heterocycles. The summed E-state index contributed by atoms with van der Waals surface area (Å²) in [6, 6.07) is 17.8. The number of carbonyl (C=O) groups is 1. The Hall–Kier alpha value is -1.80. The highest BCUT2D eigenvalue weighted by molar-refractivity contribution is 6.30. The Balaban J connectivity index is 1.60. The van der Waals surface area contributed by atoms with E-state index in [0.29, 0.717) is 11.4 Å². The van der Waals surface area contributed by atoms with Gasteiger partial charge >= 0.3 is 0 Å². The van der Waals surface area contributed by atoms with Crippen molar-refractivity contribution in [3.8, 4) is 0 Å². The van der Waals surface area contributed by atoms with Crippen molar-refractivity contribution in [2.45, 2.75) is 25.7 Å². The van der Waals surface area contributed by atoms with Crippen LogP contribution >= 0.6 is 11.6 Å². The first kappa shape index (κ1) is 15.6. The highest BCUT2D eigenvalue weighted by atomic mass is 35.5. The van der Waals surface area contributed by atoms with Crippen molar-refractivity contribution in [2.24, 2.45) is 0 Å². The maximum Gasteiger partial charge on any atom is 0.224 e. The van der Waals surface area contributed by atoms with Gasteiger partial charge in [-0.2, -0.15) is 0 Å². The van der Waals surface area contributed by atoms with Crippen LogP contribution in [0.2, 0.25) is 5.02 Å². The molecule has 0 saturated carbocycles. The highest BCUT2D eigenvalue weighted by Crippen LogP contribution is 2.10. The molecule has 1 N–H and O–H groups in total. The molecule has 0 bridgehead atoms. The topological polar surface area (TPSA) is 29.1 Å². The molecular formula is C18H20ClNO. The SMILES string of the molecule is O=C(Cc1ccc(Cl)cc1)NCCCCc1ccccc1. The molecule has 2 nitrogen and oxygen atoms in total. The second-order valence-electron chi connectivity index (χ2n) is 5.10. The second-order valence-corrected chi connectivity index (χ2v) is 5.53. The number of unbranched alkanes of at least 4 members (excludes halogenated alkanes) is 1. The predicted molar refractivity (Wildman–Crippen MR) is 87.5 cm³/mol. The van der Waals surface area contributed by atoms with E-state index >= 15 is 0 Å². The zero-order valence-electron chi connectivity index (χ0n) is 12.0. The van der Waals surface area contributed by atoms with Crippen LogP contribution in [0.5, 0.6) is 0 Å². The summed E-state index contributed by atoms with van der Waals surface area (Å²) in [6.45, 7) is 0.735. The van der Waals surface area contributed by atoms with Crippen molar-refractivity contribution in [1.29, 1.82) is 0 Å². The van der Waals surface area contributed by atoms with Crippen LogP contribution in [0.25, 0.3) is 0 Å². The molecule has 0 aliphatic rings. The third kappa shape index (κ3) is 6.01. The Morgan fingerprint density at radius 3 is 2.33 bits per heavy atom. The molecule has 3 heteroatoms. The Bertz CT molecular complexity index is 551. The van der Waals surface area contributed by atoms with Crippen LogP contribution in [-0.4, -0.2) is 12.5 Å². The lowest BCUT2D eigenvalue weighted by molar-refractivity contribution is -0.120. The summed E-state index contributed by atoms with van der Waals surface area (Å²) in [7, 11) is 0. The molecule has 2 rings (SSSR count). The highest BCUT2D eigenvalue weighted by Gasteiger charge is 2.02. The summed E-state index contributed by atoms with van der Waals surface area (Å²) in [5.41, 5.74) is 2.34. The second kappa shape index (κ2) is 8.48. The Morgan fingerprint density at radius 1 is 0.905 bits per heavy atom. The van der Waals surface area contributed by atoms with Gasteiger partial charge in [0.05, 0.1) is 6.42 Å². The van der Waals surface area contributed by atoms with E-state index in [1.54, 1.807) is 0 Å². The molecule has 0 fully saturated rings. The third-order valence-corrected chi connectivity index (χ3v) is 3.59. The molecule has 2 aromatic carbocycles. The predicted octanol–water partition coefficient (Wildman–Crippen LogP) is 4.02. The molecule has 21 heavy (non-hydrogen) atoms. The van der Waals surface area contributed by atoms with Crippen LogP contribution < -0.4 is 5.32 Å². The molecule has 0 spiro atoms. The van der Waals surface area contributed by atoms with E-state index in [-0.39, 0.29) is 5.91 Å². The van der Waals surface area contributed by atoms with Gasteiger partial charge in [0.25, 0.3) is 0 Å². The van der Waals surface area contributed by atoms with Gasteiger partial charge in [-0.1, -0.05) is 54.1 Å². The first-order valence-electron chi connectivity index (χ1n) is 7.29. The minimum Gasteiger partial charge on any atom is -0.356 e. The third-order valence-electron chi connectivity index (χ3n) is 3.34. The molecule has 0 saturated heterocycles. The van der Waals surface area contributed by atoms with E-state index in [9.17, 15) is 4.79 Å². The fourth-order valence-electron chi connectivity index (χ4n) is 2.18. The number of hydrogen-bond acceptors (Lipinski definition) is 1. The van der Waals surface area contributed by atoms with Crippen molar-refractivity contribution in [1.82, 2.24) is 5.32 Å². The Labute approximate surface area is 131 Å². The van der Waals surface area contributed by atoms with Crippen LogP contribution in [0, 0.1) is 0 Å². The molecule has 0 heterocycles. The standard InChI is InChI=1S/C18H20ClNO/c19-17-11-9-16(10-12-17)14-18(21)20-13-5-4-8-15-6-2-1-3-7-15/h1-3,6-7,9-12H,4-5,8,13-14H2,(H,20,21). The number of hydrogen-bond donors (Lipinski definition) is 1. The average molecular weight is 302 g/mol. The van der Waals surface area contributed by atoms with Gasteiger partial charge in [0.1, 0.15) is 0 Å². The van der Waals surface area contributed by atoms with Crippen molar-refractivity contribution in [3.63, 3.8) is 0 Å². The van der Waals surface area contributed by atoms with E-state index < -0.39 is 0 Å². The number of nitrogens with one attached hydrogen (secondary N) is 1. The fourth-order valence-corrected chi connectivity index (χ4v) is 2.30. The van der Waals surface area contributed by atoms with Gasteiger partial charge in [-0.25, -0.2) is 0 Å². The summed E-state index contributed by atoms with van der Waals surface area (Å²) in [4.78, 5) is 11.8. The molecule has 0 aliphatic heterocycles. The first-order valence-corrected chi connectivity index (χ1v) is 7.67. The fraction of sp³-hybridized carbons (Fsp3) is 0.278. The largest absolute Gasteiger partial charge is 0.356 e. The number of amides is 1. The van der Waals surface area contributed by atoms with Gasteiger partial charge in [-0.3, -0.25) is 4.79 Å². The number of carbonyl (C=O) groups excluding carboxylic acids is 1. The summed E-state index contributed by atoms with van der Waals surface area (Å²) < 4.78 is 0. The van der Waals surface area contributed by atoms with Gasteiger partial charge < -0.3 is 5.32 Å². The molecule has 1 amide bonds. The normalized spacial score (nSPS) is 10.3. The molecule has 0 unspecified atom stereocenters. The summed E-state index contributed by atoms with van der Waals surface area (Å²) in [5, 5.41) is 3.65. The molecule has 0 radical (unpaired) electrons. The lowest BCUT2D eigenvalue weighted by Crippen LogP contribution is -2.26. The molecule has 0 aliphatic carbocycles. The summed E-state index contributed by atoms with van der Waals surface area (Å²) in [5.74, 6) is 0.0667. The van der Waals surface area contributed by atoms with Crippen LogP contribution in [0.3, 0.4) is 0 Å². The Kier molecular flexibility index (Phi) is 6.29. The lowest BCUT2D eigenvalue weighted by atomic mass is 10.1. The van der Waals surface area contributed by atoms with Crippen LogP contribution in [0.4, 0.5) is 0 Å². The number of rotatable bonds is 7. The van der Waals surface area contributed by atoms with Gasteiger partial charge in [-0.05, 0) is 42.5 Å². The minimum atomic E-state index is 0.0667. The van der Waals surface area contributed by atoms with Crippen LogP contribution in [0.15, 0.2) is 54.6 Å². The summed E-state index contributed by atoms with van der Waals surface area (Å²) >= 11 is 5.82. The maximum atomic E-state index is 11.8. The monoisotopic (exact) mass is 301 g/mol. The number of aryl methyl sites for hydroxylation is 1. The van der Waals surface area contributed by atoms with Crippen molar-refractivity contribution < 1.29 is 4.79 Å². The van der Waals surface area contributed by atoms with E-state index in [1.807, 2.05) is 30.3 Å². The van der Waals surface area contributed by atoms with Gasteiger partial charge in [0.2, 0.25) is 5.91 Å². The summed E-state index contributed by atoms with van der Waals surface area (Å²) in [6.07, 6.45) is 3.57. The molecular weight excluding hydrogens is 282 g/mol. The van der Waals surface area contributed by atoms with Crippen molar-refractivity contribution >= 4 is 17.5 Å². The zero-order valence-corrected chi connectivity index (χ0v) is 12.8. The minimum absolute atomic E-state index is 0.0667. The van der Waals surface area contributed by atoms with Gasteiger partial charge in [0, 0.05) is 11.6 Å². The van der Waals surface area contributed by atoms with E-state index in [4.69, 9.17) is 11.6 Å². The number of halogens is 1. The van der Waals surface area contributed by atoms with Gasteiger partial charge in [0.15, 0.2) is 0 Å². The molecule has 0 atom stereocenters. The van der Waals surface area contributed by atoms with E-state index in [1.165, 1.54) is 5.56 Å². The van der Waals surface area contributed by atoms with E-state index in [2.05, 4.69) is 29.6 Å². The molecule has 2 aromatic rings. The quantitative estimate of drug-likeness (QED) is 0.769. The smallest absolute Gasteiger partial charge is 0.224 e.